The Morgan fingerprint density at radius 2 is 0.469 bits per heavy atom. The highest BCUT2D eigenvalue weighted by molar-refractivity contribution is 5.80. The highest BCUT2D eigenvalue weighted by Gasteiger charge is 2.33. The first-order chi connectivity index (χ1) is 37.0. The summed E-state index contributed by atoms with van der Waals surface area (Å²) in [6.07, 6.45) is 13.1. The van der Waals surface area contributed by atoms with Gasteiger partial charge < -0.3 is 19.3 Å². The lowest BCUT2D eigenvalue weighted by molar-refractivity contribution is 0.0864. The van der Waals surface area contributed by atoms with Crippen molar-refractivity contribution < 1.29 is 9.47 Å². The van der Waals surface area contributed by atoms with Gasteiger partial charge in [0.05, 0.1) is 18.6 Å². The van der Waals surface area contributed by atoms with Crippen LogP contribution < -0.4 is 19.3 Å². The number of nitrogens with zero attached hydrogens (tertiary/aromatic N) is 2. The average Bonchev–Trinajstić information content (AvgIpc) is 3.34. The van der Waals surface area contributed by atoms with Crippen molar-refractivity contribution in [1.29, 1.82) is 0 Å². The summed E-state index contributed by atoms with van der Waals surface area (Å²) in [6, 6.07) is 45.6. The van der Waals surface area contributed by atoms with Gasteiger partial charge in [0, 0.05) is 47.0 Å². The van der Waals surface area contributed by atoms with Crippen LogP contribution >= 0.6 is 0 Å². The van der Waals surface area contributed by atoms with E-state index in [1.807, 2.05) is 0 Å². The smallest absolute Gasteiger partial charge is 0.119 e. The van der Waals surface area contributed by atoms with Crippen molar-refractivity contribution in [2.45, 2.75) is 222 Å². The van der Waals surface area contributed by atoms with Crippen LogP contribution in [0.25, 0.3) is 0 Å². The van der Waals surface area contributed by atoms with Gasteiger partial charge in [-0.1, -0.05) is 190 Å². The zero-order valence-electron chi connectivity index (χ0n) is 54.7. The largest absolute Gasteiger partial charge is 0.493 e. The van der Waals surface area contributed by atoms with Crippen molar-refractivity contribution in [2.24, 2.45) is 5.41 Å². The molecule has 432 valence electrons. The number of hydrogen-bond acceptors (Lipinski definition) is 4. The molecule has 0 saturated carbocycles. The van der Waals surface area contributed by atoms with Crippen LogP contribution in [-0.4, -0.2) is 13.2 Å². The minimum atomic E-state index is -0.653. The molecular formula is C77H102N2O2. The standard InChI is InChI=1S/C77H102N2O2/c1-27-37-77(38-28-2,51-80-67-33-29-61(30-34-67)78(63-43-53(69(3,4)5)39-54(44-63)70(6,7)8)64-45-55(71(9,10)11)40-56(46-64)72(12,13)14)52-81-68-35-31-62(32-36-68)79(65-47-57(73(15,16)17)41-58(48-65)74(18,19)20)66-49-59(75(21,22)23)42-60(50-66)76(24,25)26/h1-2,29-36,39-50H,37-38,51-52H2,3-26H3. The van der Waals surface area contributed by atoms with E-state index in [1.165, 1.54) is 44.5 Å². The van der Waals surface area contributed by atoms with Crippen molar-refractivity contribution in [3.8, 4) is 36.2 Å². The lowest BCUT2D eigenvalue weighted by atomic mass is 9.79. The molecule has 4 nitrogen and oxygen atoms in total. The second-order valence-electron chi connectivity index (χ2n) is 31.6. The molecule has 0 atom stereocenters. The van der Waals surface area contributed by atoms with Gasteiger partial charge >= 0.3 is 0 Å². The Hall–Kier alpha value is -6.36. The summed E-state index contributed by atoms with van der Waals surface area (Å²) in [4.78, 5) is 4.85. The van der Waals surface area contributed by atoms with Gasteiger partial charge in [-0.3, -0.25) is 0 Å². The summed E-state index contributed by atoms with van der Waals surface area (Å²) in [6.45, 7) is 55.8. The molecule has 6 aromatic carbocycles. The monoisotopic (exact) mass is 1090 g/mol. The predicted molar refractivity (Wildman–Crippen MR) is 352 cm³/mol. The van der Waals surface area contributed by atoms with Gasteiger partial charge in [0.2, 0.25) is 0 Å². The van der Waals surface area contributed by atoms with Gasteiger partial charge in [0.25, 0.3) is 0 Å². The fraction of sp³-hybridized carbons (Fsp3) is 0.481. The summed E-state index contributed by atoms with van der Waals surface area (Å²) in [5.74, 6) is 7.34. The fourth-order valence-electron chi connectivity index (χ4n) is 9.92. The lowest BCUT2D eigenvalue weighted by Gasteiger charge is -2.34. The Kier molecular flexibility index (Phi) is 18.2. The van der Waals surface area contributed by atoms with Gasteiger partial charge in [-0.2, -0.15) is 0 Å². The Bertz CT molecular complexity index is 2720. The summed E-state index contributed by atoms with van der Waals surface area (Å²) in [5, 5.41) is 0. The predicted octanol–water partition coefficient (Wildman–Crippen LogP) is 21.5. The summed E-state index contributed by atoms with van der Waals surface area (Å²) in [7, 11) is 0. The summed E-state index contributed by atoms with van der Waals surface area (Å²) in [5.41, 5.74) is 15.8. The van der Waals surface area contributed by atoms with Crippen molar-refractivity contribution >= 4 is 34.1 Å². The minimum Gasteiger partial charge on any atom is -0.493 e. The van der Waals surface area contributed by atoms with E-state index in [1.54, 1.807) is 0 Å². The maximum absolute atomic E-state index is 6.75. The van der Waals surface area contributed by atoms with Crippen LogP contribution in [0.15, 0.2) is 121 Å². The third kappa shape index (κ3) is 16.0. The Morgan fingerprint density at radius 3 is 0.630 bits per heavy atom. The summed E-state index contributed by atoms with van der Waals surface area (Å²) >= 11 is 0. The molecular weight excluding hydrogens is 985 g/mol. The highest BCUT2D eigenvalue weighted by Crippen LogP contribution is 2.46. The van der Waals surface area contributed by atoms with Crippen LogP contribution in [0.2, 0.25) is 0 Å². The number of benzene rings is 6. The molecule has 4 heteroatoms. The van der Waals surface area contributed by atoms with E-state index in [-0.39, 0.29) is 56.5 Å². The average molecular weight is 1090 g/mol. The second kappa shape index (κ2) is 23.1. The molecule has 0 aliphatic heterocycles. The number of anilines is 6. The number of hydrogen-bond donors (Lipinski definition) is 0. The molecule has 0 heterocycles. The molecule has 0 fully saturated rings. The topological polar surface area (TPSA) is 24.9 Å². The minimum absolute atomic E-state index is 0.0629. The van der Waals surface area contributed by atoms with Crippen LogP contribution in [0.5, 0.6) is 11.5 Å². The number of terminal acetylenes is 2. The van der Waals surface area contributed by atoms with Gasteiger partial charge in [-0.15, -0.1) is 24.7 Å². The van der Waals surface area contributed by atoms with Gasteiger partial charge in [0.15, 0.2) is 0 Å². The molecule has 81 heavy (non-hydrogen) atoms. The van der Waals surface area contributed by atoms with Gasteiger partial charge in [-0.25, -0.2) is 0 Å². The fourth-order valence-corrected chi connectivity index (χ4v) is 9.92. The summed E-state index contributed by atoms with van der Waals surface area (Å²) < 4.78 is 13.5. The van der Waals surface area contributed by atoms with Crippen molar-refractivity contribution in [2.75, 3.05) is 23.0 Å². The molecule has 0 saturated heterocycles. The third-order valence-electron chi connectivity index (χ3n) is 15.9. The molecule has 0 aromatic heterocycles. The van der Waals surface area contributed by atoms with Crippen LogP contribution in [-0.2, 0) is 43.3 Å². The van der Waals surface area contributed by atoms with E-state index in [9.17, 15) is 0 Å². The first-order valence-electron chi connectivity index (χ1n) is 29.6. The lowest BCUT2D eigenvalue weighted by Crippen LogP contribution is -2.34. The number of ether oxygens (including phenoxy) is 2. The molecule has 0 N–H and O–H groups in total. The molecule has 0 aliphatic carbocycles. The first-order valence-corrected chi connectivity index (χ1v) is 29.6. The maximum Gasteiger partial charge on any atom is 0.119 e. The van der Waals surface area contributed by atoms with E-state index in [2.05, 4.69) is 309 Å². The van der Waals surface area contributed by atoms with E-state index in [4.69, 9.17) is 22.3 Å². The van der Waals surface area contributed by atoms with Crippen LogP contribution in [0.4, 0.5) is 34.1 Å². The highest BCUT2D eigenvalue weighted by atomic mass is 16.5. The maximum atomic E-state index is 6.75. The molecule has 0 bridgehead atoms. The van der Waals surface area contributed by atoms with E-state index >= 15 is 0 Å². The normalized spacial score (nSPS) is 13.1. The van der Waals surface area contributed by atoms with E-state index in [0.717, 1.165) is 45.6 Å². The number of rotatable bonds is 14. The molecule has 0 radical (unpaired) electrons. The zero-order chi connectivity index (χ0) is 60.7. The Morgan fingerprint density at radius 1 is 0.284 bits per heavy atom. The molecule has 6 rings (SSSR count). The zero-order valence-corrected chi connectivity index (χ0v) is 54.7. The van der Waals surface area contributed by atoms with Crippen molar-refractivity contribution in [1.82, 2.24) is 0 Å². The van der Waals surface area contributed by atoms with E-state index in [0.29, 0.717) is 12.8 Å². The van der Waals surface area contributed by atoms with Crippen molar-refractivity contribution in [3.05, 3.63) is 166 Å². The first kappa shape index (κ1) is 63.8. The molecule has 0 spiro atoms. The van der Waals surface area contributed by atoms with Crippen LogP contribution in [0, 0.1) is 30.1 Å². The van der Waals surface area contributed by atoms with Crippen molar-refractivity contribution in [3.63, 3.8) is 0 Å². The molecule has 0 unspecified atom stereocenters. The second-order valence-corrected chi connectivity index (χ2v) is 31.6. The van der Waals surface area contributed by atoms with Crippen LogP contribution in [0.1, 0.15) is 224 Å². The molecule has 0 amide bonds. The van der Waals surface area contributed by atoms with E-state index < -0.39 is 5.41 Å². The third-order valence-corrected chi connectivity index (χ3v) is 15.9. The Labute approximate surface area is 493 Å². The van der Waals surface area contributed by atoms with Gasteiger partial charge in [0.1, 0.15) is 11.5 Å². The quantitative estimate of drug-likeness (QED) is 0.102. The molecule has 6 aromatic rings. The van der Waals surface area contributed by atoms with Crippen LogP contribution in [0.3, 0.4) is 0 Å². The van der Waals surface area contributed by atoms with Gasteiger partial charge in [-0.05, 0) is 185 Å². The SMILES string of the molecule is C#CCC(CC#C)(COc1ccc(N(c2cc(C(C)(C)C)cc(C(C)(C)C)c2)c2cc(C(C)(C)C)cc(C(C)(C)C)c2)cc1)COc1ccc(N(c2cc(C(C)(C)C)cc(C(C)(C)C)c2)c2cc(C(C)(C)C)cc(C(C)(C)C)c2)cc1. The Balaban J connectivity index is 1.38. The molecule has 0 aliphatic rings.